The maximum Gasteiger partial charge on any atom is 0.141 e. The van der Waals surface area contributed by atoms with Crippen LogP contribution >= 0.6 is 0 Å². The molecule has 1 aliphatic heterocycles. The van der Waals surface area contributed by atoms with Crippen molar-refractivity contribution in [2.45, 2.75) is 26.2 Å². The van der Waals surface area contributed by atoms with Crippen LogP contribution in [-0.4, -0.2) is 63.4 Å². The number of rotatable bonds is 10. The predicted octanol–water partition coefficient (Wildman–Crippen LogP) is 5.13. The summed E-state index contributed by atoms with van der Waals surface area (Å²) >= 11 is 0. The zero-order valence-electron chi connectivity index (χ0n) is 23.6. The SMILES string of the molecule is Cc1cc(Nc2ncnc3ccc(-c4ccn(CC(O)CN5CCNCC5)c4)cc23)ccc1OCc1cccc(F)c1. The highest BCUT2D eigenvalue weighted by atomic mass is 19.1. The van der Waals surface area contributed by atoms with Crippen molar-refractivity contribution in [1.82, 2.24) is 24.8 Å². The summed E-state index contributed by atoms with van der Waals surface area (Å²) in [6, 6.07) is 20.5. The normalized spacial score (nSPS) is 14.6. The molecular formula is C33H35FN6O2. The molecule has 8 nitrogen and oxygen atoms in total. The molecule has 6 rings (SSSR count). The second-order valence-electron chi connectivity index (χ2n) is 10.8. The summed E-state index contributed by atoms with van der Waals surface area (Å²) in [6.07, 6.45) is 5.22. The number of nitrogens with zero attached hydrogens (tertiary/aromatic N) is 4. The van der Waals surface area contributed by atoms with Gasteiger partial charge in [-0.1, -0.05) is 18.2 Å². The number of halogens is 1. The number of aromatic nitrogens is 3. The number of aliphatic hydroxyl groups excluding tert-OH is 1. The fourth-order valence-electron chi connectivity index (χ4n) is 5.37. The molecule has 1 fully saturated rings. The largest absolute Gasteiger partial charge is 0.489 e. The molecule has 3 N–H and O–H groups in total. The van der Waals surface area contributed by atoms with Crippen molar-refractivity contribution in [3.05, 3.63) is 102 Å². The highest BCUT2D eigenvalue weighted by Crippen LogP contribution is 2.30. The van der Waals surface area contributed by atoms with Crippen LogP contribution in [0.4, 0.5) is 15.9 Å². The van der Waals surface area contributed by atoms with E-state index in [1.165, 1.54) is 12.1 Å². The number of aliphatic hydroxyl groups is 1. The maximum atomic E-state index is 13.5. The molecular weight excluding hydrogens is 531 g/mol. The van der Waals surface area contributed by atoms with Gasteiger partial charge in [0.25, 0.3) is 0 Å². The fraction of sp³-hybridized carbons (Fsp3) is 0.273. The molecule has 0 aliphatic carbocycles. The number of benzene rings is 3. The number of aryl methyl sites for hydroxylation is 1. The van der Waals surface area contributed by atoms with Crippen molar-refractivity contribution in [1.29, 1.82) is 0 Å². The van der Waals surface area contributed by atoms with Gasteiger partial charge in [-0.2, -0.15) is 0 Å². The van der Waals surface area contributed by atoms with Crippen LogP contribution in [0.2, 0.25) is 0 Å². The highest BCUT2D eigenvalue weighted by Gasteiger charge is 2.15. The van der Waals surface area contributed by atoms with Crippen LogP contribution in [0.3, 0.4) is 0 Å². The Bertz CT molecular complexity index is 1670. The lowest BCUT2D eigenvalue weighted by atomic mass is 10.1. The number of piperazine rings is 1. The average molecular weight is 567 g/mol. The third-order valence-corrected chi connectivity index (χ3v) is 7.54. The molecule has 1 unspecified atom stereocenters. The quantitative estimate of drug-likeness (QED) is 0.216. The number of hydrogen-bond donors (Lipinski definition) is 3. The minimum atomic E-state index is -0.425. The van der Waals surface area contributed by atoms with Crippen molar-refractivity contribution in [2.75, 3.05) is 38.0 Å². The lowest BCUT2D eigenvalue weighted by molar-refractivity contribution is 0.0919. The van der Waals surface area contributed by atoms with Crippen LogP contribution in [0.25, 0.3) is 22.0 Å². The van der Waals surface area contributed by atoms with Gasteiger partial charge in [0.2, 0.25) is 0 Å². The van der Waals surface area contributed by atoms with Crippen LogP contribution in [0.1, 0.15) is 11.1 Å². The maximum absolute atomic E-state index is 13.5. The standard InChI is InChI=1S/C33H35FN6O2/c1-23-15-28(6-8-32(23)42-21-24-3-2-4-27(34)16-24)38-33-30-17-25(5-7-31(30)36-22-37-33)26-9-12-40(18-26)20-29(41)19-39-13-10-35-11-14-39/h2-9,12,15-18,22,29,35,41H,10-11,13-14,19-21H2,1H3,(H,36,37,38). The molecule has 0 spiro atoms. The molecule has 0 bridgehead atoms. The molecule has 2 aromatic heterocycles. The summed E-state index contributed by atoms with van der Waals surface area (Å²) in [5, 5.41) is 18.3. The van der Waals surface area contributed by atoms with Crippen LogP contribution in [0, 0.1) is 12.7 Å². The van der Waals surface area contributed by atoms with Crippen LogP contribution in [0.15, 0.2) is 85.5 Å². The van der Waals surface area contributed by atoms with Crippen molar-refractivity contribution in [3.8, 4) is 16.9 Å². The lowest BCUT2D eigenvalue weighted by Gasteiger charge is -2.29. The molecule has 9 heteroatoms. The van der Waals surface area contributed by atoms with E-state index >= 15 is 0 Å². The monoisotopic (exact) mass is 566 g/mol. The van der Waals surface area contributed by atoms with Gasteiger partial charge in [-0.25, -0.2) is 14.4 Å². The van der Waals surface area contributed by atoms with Crippen LogP contribution in [-0.2, 0) is 13.2 Å². The summed E-state index contributed by atoms with van der Waals surface area (Å²) in [7, 11) is 0. The second-order valence-corrected chi connectivity index (χ2v) is 10.8. The van der Waals surface area contributed by atoms with Gasteiger partial charge in [0, 0.05) is 62.7 Å². The third kappa shape index (κ3) is 6.76. The molecule has 3 aromatic carbocycles. The second kappa shape index (κ2) is 12.7. The molecule has 42 heavy (non-hydrogen) atoms. The highest BCUT2D eigenvalue weighted by molar-refractivity contribution is 5.93. The number of fused-ring (bicyclic) bond motifs is 1. The van der Waals surface area contributed by atoms with Gasteiger partial charge in [-0.05, 0) is 77.7 Å². The van der Waals surface area contributed by atoms with Crippen molar-refractivity contribution < 1.29 is 14.2 Å². The first-order chi connectivity index (χ1) is 20.5. The van der Waals surface area contributed by atoms with E-state index in [2.05, 4.69) is 49.9 Å². The summed E-state index contributed by atoms with van der Waals surface area (Å²) < 4.78 is 21.5. The topological polar surface area (TPSA) is 87.5 Å². The molecule has 5 aromatic rings. The fourth-order valence-corrected chi connectivity index (χ4v) is 5.37. The van der Waals surface area contributed by atoms with Gasteiger partial charge in [-0.15, -0.1) is 0 Å². The van der Waals surface area contributed by atoms with E-state index in [-0.39, 0.29) is 5.82 Å². The Hall–Kier alpha value is -4.31. The summed E-state index contributed by atoms with van der Waals surface area (Å²) in [5.41, 5.74) is 5.57. The summed E-state index contributed by atoms with van der Waals surface area (Å²) in [6.45, 7) is 7.39. The summed E-state index contributed by atoms with van der Waals surface area (Å²) in [5.74, 6) is 1.17. The molecule has 1 saturated heterocycles. The number of hydrogen-bond acceptors (Lipinski definition) is 7. The Morgan fingerprint density at radius 3 is 2.71 bits per heavy atom. The Kier molecular flexibility index (Phi) is 8.41. The zero-order chi connectivity index (χ0) is 28.9. The van der Waals surface area contributed by atoms with Crippen LogP contribution in [0.5, 0.6) is 5.75 Å². The van der Waals surface area contributed by atoms with Crippen LogP contribution < -0.4 is 15.4 Å². The van der Waals surface area contributed by atoms with E-state index in [0.717, 1.165) is 70.8 Å². The first kappa shape index (κ1) is 27.8. The smallest absolute Gasteiger partial charge is 0.141 e. The first-order valence-electron chi connectivity index (χ1n) is 14.3. The molecule has 216 valence electrons. The molecule has 0 saturated carbocycles. The molecule has 1 aliphatic rings. The summed E-state index contributed by atoms with van der Waals surface area (Å²) in [4.78, 5) is 11.3. The first-order valence-corrected chi connectivity index (χ1v) is 14.3. The van der Waals surface area contributed by atoms with E-state index in [0.29, 0.717) is 25.5 Å². The van der Waals surface area contributed by atoms with E-state index in [1.54, 1.807) is 12.4 Å². The Balaban J connectivity index is 1.15. The van der Waals surface area contributed by atoms with Crippen molar-refractivity contribution in [3.63, 3.8) is 0 Å². The molecule has 0 amide bonds. The number of nitrogens with one attached hydrogen (secondary N) is 2. The van der Waals surface area contributed by atoms with Gasteiger partial charge in [-0.3, -0.25) is 4.90 Å². The Morgan fingerprint density at radius 1 is 1.00 bits per heavy atom. The minimum Gasteiger partial charge on any atom is -0.489 e. The van der Waals surface area contributed by atoms with Gasteiger partial charge >= 0.3 is 0 Å². The lowest BCUT2D eigenvalue weighted by Crippen LogP contribution is -2.46. The van der Waals surface area contributed by atoms with Gasteiger partial charge in [0.15, 0.2) is 0 Å². The minimum absolute atomic E-state index is 0.273. The van der Waals surface area contributed by atoms with E-state index in [4.69, 9.17) is 4.74 Å². The molecule has 1 atom stereocenters. The zero-order valence-corrected chi connectivity index (χ0v) is 23.6. The van der Waals surface area contributed by atoms with E-state index in [9.17, 15) is 9.50 Å². The Labute approximate surface area is 244 Å². The van der Waals surface area contributed by atoms with E-state index in [1.807, 2.05) is 48.0 Å². The van der Waals surface area contributed by atoms with Crippen molar-refractivity contribution in [2.24, 2.45) is 0 Å². The third-order valence-electron chi connectivity index (χ3n) is 7.54. The van der Waals surface area contributed by atoms with Gasteiger partial charge in [0.05, 0.1) is 11.6 Å². The van der Waals surface area contributed by atoms with E-state index < -0.39 is 6.10 Å². The molecule has 0 radical (unpaired) electrons. The number of β-amino-alcohol motifs (C(OH)–C–C–N with tert-alkyl or cyclic N) is 1. The van der Waals surface area contributed by atoms with Gasteiger partial charge in [0.1, 0.15) is 30.3 Å². The number of ether oxygens (including phenoxy) is 1. The Morgan fingerprint density at radius 2 is 1.88 bits per heavy atom. The van der Waals surface area contributed by atoms with Gasteiger partial charge < -0.3 is 25.0 Å². The predicted molar refractivity (Wildman–Crippen MR) is 163 cm³/mol. The van der Waals surface area contributed by atoms with Crippen molar-refractivity contribution >= 4 is 22.4 Å². The number of anilines is 2. The molecule has 3 heterocycles. The average Bonchev–Trinajstić information content (AvgIpc) is 3.45.